The summed E-state index contributed by atoms with van der Waals surface area (Å²) in [6.07, 6.45) is 1.44. The number of halogens is 1. The minimum atomic E-state index is 0.324. The molecule has 3 rings (SSSR count). The van der Waals surface area contributed by atoms with Gasteiger partial charge in [-0.15, -0.1) is 11.6 Å². The number of benzene rings is 1. The molecule has 102 valence electrons. The van der Waals surface area contributed by atoms with Gasteiger partial charge in [-0.2, -0.15) is 0 Å². The Morgan fingerprint density at radius 1 is 1.47 bits per heavy atom. The van der Waals surface area contributed by atoms with Crippen molar-refractivity contribution in [3.8, 4) is 0 Å². The number of nitrogens with zero attached hydrogens (tertiary/aromatic N) is 2. The largest absolute Gasteiger partial charge is 0.378 e. The first kappa shape index (κ1) is 12.9. The van der Waals surface area contributed by atoms with Crippen molar-refractivity contribution in [2.24, 2.45) is 5.92 Å². The molecule has 0 amide bonds. The third-order valence-electron chi connectivity index (χ3n) is 4.13. The lowest BCUT2D eigenvalue weighted by Crippen LogP contribution is -2.19. The highest BCUT2D eigenvalue weighted by molar-refractivity contribution is 6.16. The molecule has 2 aromatic rings. The predicted octanol–water partition coefficient (Wildman–Crippen LogP) is 3.51. The third kappa shape index (κ3) is 2.26. The van der Waals surface area contributed by atoms with E-state index in [9.17, 15) is 0 Å². The number of fused-ring (bicyclic) bond motifs is 1. The van der Waals surface area contributed by atoms with Crippen molar-refractivity contribution in [1.82, 2.24) is 9.55 Å². The van der Waals surface area contributed by atoms with E-state index in [1.165, 1.54) is 11.1 Å². The van der Waals surface area contributed by atoms with E-state index in [1.54, 1.807) is 0 Å². The van der Waals surface area contributed by atoms with E-state index in [1.807, 2.05) is 0 Å². The highest BCUT2D eigenvalue weighted by atomic mass is 35.5. The number of aromatic nitrogens is 2. The molecule has 2 heterocycles. The van der Waals surface area contributed by atoms with Crippen LogP contribution < -0.4 is 0 Å². The van der Waals surface area contributed by atoms with Gasteiger partial charge < -0.3 is 9.30 Å². The van der Waals surface area contributed by atoms with E-state index in [4.69, 9.17) is 16.3 Å². The second-order valence-electron chi connectivity index (χ2n) is 5.34. The van der Waals surface area contributed by atoms with Crippen molar-refractivity contribution in [3.63, 3.8) is 0 Å². The fraction of sp³-hybridized carbons (Fsp3) is 0.533. The Balaban J connectivity index is 2.03. The lowest BCUT2D eigenvalue weighted by atomic mass is 10.0. The topological polar surface area (TPSA) is 27.1 Å². The summed E-state index contributed by atoms with van der Waals surface area (Å²) >= 11 is 6.06. The molecule has 1 aromatic carbocycles. The first-order valence-corrected chi connectivity index (χ1v) is 7.36. The van der Waals surface area contributed by atoms with Crippen LogP contribution in [0.25, 0.3) is 11.0 Å². The second-order valence-corrected chi connectivity index (χ2v) is 5.61. The summed E-state index contributed by atoms with van der Waals surface area (Å²) in [4.78, 5) is 4.69. The molecular weight excluding hydrogens is 260 g/mol. The molecule has 0 N–H and O–H groups in total. The minimum absolute atomic E-state index is 0.324. The van der Waals surface area contributed by atoms with E-state index in [0.717, 1.165) is 30.9 Å². The molecule has 4 heteroatoms. The van der Waals surface area contributed by atoms with Crippen LogP contribution in [0.2, 0.25) is 0 Å². The number of alkyl halides is 1. The van der Waals surface area contributed by atoms with Crippen LogP contribution in [0.15, 0.2) is 18.2 Å². The van der Waals surface area contributed by atoms with E-state index < -0.39 is 0 Å². The fourth-order valence-corrected chi connectivity index (χ4v) is 3.10. The molecule has 1 aliphatic rings. The molecular formula is C15H19ClN2O. The molecule has 0 spiro atoms. The number of para-hydroxylation sites is 1. The predicted molar refractivity (Wildman–Crippen MR) is 77.5 cm³/mol. The quantitative estimate of drug-likeness (QED) is 0.804. The number of aryl methyl sites for hydroxylation is 1. The van der Waals surface area contributed by atoms with Crippen LogP contribution in [0.3, 0.4) is 0 Å². The van der Waals surface area contributed by atoms with Crippen LogP contribution >= 0.6 is 11.6 Å². The maximum atomic E-state index is 6.06. The van der Waals surface area contributed by atoms with E-state index >= 15 is 0 Å². The lowest BCUT2D eigenvalue weighted by molar-refractivity contribution is 0.102. The summed E-state index contributed by atoms with van der Waals surface area (Å²) in [5.74, 6) is 1.97. The molecule has 0 saturated carbocycles. The number of hydrogen-bond acceptors (Lipinski definition) is 2. The Labute approximate surface area is 118 Å². The monoisotopic (exact) mass is 278 g/mol. The summed E-state index contributed by atoms with van der Waals surface area (Å²) < 4.78 is 7.93. The van der Waals surface area contributed by atoms with Gasteiger partial charge in [0.25, 0.3) is 0 Å². The van der Waals surface area contributed by atoms with Crippen molar-refractivity contribution < 1.29 is 4.74 Å². The molecule has 1 saturated heterocycles. The van der Waals surface area contributed by atoms with Crippen LogP contribution in [-0.2, 0) is 17.2 Å². The van der Waals surface area contributed by atoms with Crippen LogP contribution in [0, 0.1) is 12.8 Å². The van der Waals surface area contributed by atoms with E-state index in [2.05, 4.69) is 41.6 Å². The van der Waals surface area contributed by atoms with Gasteiger partial charge >= 0.3 is 0 Å². The first-order chi connectivity index (χ1) is 9.20. The smallest absolute Gasteiger partial charge is 0.124 e. The highest BCUT2D eigenvalue weighted by Crippen LogP contribution is 2.27. The zero-order valence-corrected chi connectivity index (χ0v) is 12.2. The molecule has 1 fully saturated rings. The summed E-state index contributed by atoms with van der Waals surface area (Å²) in [7, 11) is 0. The molecule has 0 radical (unpaired) electrons. The summed E-state index contributed by atoms with van der Waals surface area (Å²) in [6, 6.07) is 6.31. The average Bonchev–Trinajstić information content (AvgIpc) is 2.96. The average molecular weight is 279 g/mol. The molecule has 3 nitrogen and oxygen atoms in total. The Morgan fingerprint density at radius 3 is 3.00 bits per heavy atom. The van der Waals surface area contributed by atoms with Gasteiger partial charge in [-0.1, -0.05) is 12.1 Å². The number of hydrogen-bond donors (Lipinski definition) is 0. The van der Waals surface area contributed by atoms with Crippen LogP contribution in [-0.4, -0.2) is 22.3 Å². The molecule has 2 unspecified atom stereocenters. The zero-order valence-electron chi connectivity index (χ0n) is 11.4. The SMILES string of the molecule is Cc1cccc2c1nc(CCl)n2CC1CCOC1C. The number of ether oxygens (including phenoxy) is 1. The third-order valence-corrected chi connectivity index (χ3v) is 4.37. The summed E-state index contributed by atoms with van der Waals surface area (Å²) in [5, 5.41) is 0. The fourth-order valence-electron chi connectivity index (χ4n) is 2.89. The van der Waals surface area contributed by atoms with Crippen LogP contribution in [0.4, 0.5) is 0 Å². The second kappa shape index (κ2) is 5.14. The van der Waals surface area contributed by atoms with Crippen LogP contribution in [0.1, 0.15) is 24.7 Å². The number of imidazole rings is 1. The van der Waals surface area contributed by atoms with Gasteiger partial charge in [-0.3, -0.25) is 0 Å². The first-order valence-electron chi connectivity index (χ1n) is 6.83. The standard InChI is InChI=1S/C15H19ClN2O/c1-10-4-3-5-13-15(10)17-14(8-16)18(13)9-12-6-7-19-11(12)2/h3-5,11-12H,6-9H2,1-2H3. The Kier molecular flexibility index (Phi) is 3.50. The van der Waals surface area contributed by atoms with Gasteiger partial charge in [-0.25, -0.2) is 4.98 Å². The molecule has 1 aliphatic heterocycles. The molecule has 0 aliphatic carbocycles. The normalized spacial score (nSPS) is 23.3. The zero-order chi connectivity index (χ0) is 13.4. The van der Waals surface area contributed by atoms with Gasteiger partial charge in [0.05, 0.1) is 23.0 Å². The maximum Gasteiger partial charge on any atom is 0.124 e. The van der Waals surface area contributed by atoms with E-state index in [-0.39, 0.29) is 0 Å². The summed E-state index contributed by atoms with van der Waals surface area (Å²) in [6.45, 7) is 6.07. The van der Waals surface area contributed by atoms with Gasteiger partial charge in [0.1, 0.15) is 5.82 Å². The Morgan fingerprint density at radius 2 is 2.32 bits per heavy atom. The number of rotatable bonds is 3. The maximum absolute atomic E-state index is 6.06. The van der Waals surface area contributed by atoms with Crippen molar-refractivity contribution >= 4 is 22.6 Å². The van der Waals surface area contributed by atoms with E-state index in [0.29, 0.717) is 17.9 Å². The Bertz CT molecular complexity index is 593. The summed E-state index contributed by atoms with van der Waals surface area (Å²) in [5.41, 5.74) is 3.47. The molecule has 19 heavy (non-hydrogen) atoms. The minimum Gasteiger partial charge on any atom is -0.378 e. The molecule has 2 atom stereocenters. The Hall–Kier alpha value is -1.06. The van der Waals surface area contributed by atoms with Gasteiger partial charge in [-0.05, 0) is 31.9 Å². The van der Waals surface area contributed by atoms with Crippen molar-refractivity contribution in [1.29, 1.82) is 0 Å². The van der Waals surface area contributed by atoms with Gasteiger partial charge in [0, 0.05) is 19.1 Å². The van der Waals surface area contributed by atoms with Crippen LogP contribution in [0.5, 0.6) is 0 Å². The van der Waals surface area contributed by atoms with Crippen molar-refractivity contribution in [3.05, 3.63) is 29.6 Å². The van der Waals surface area contributed by atoms with Gasteiger partial charge in [0.15, 0.2) is 0 Å². The molecule has 1 aromatic heterocycles. The van der Waals surface area contributed by atoms with Crippen molar-refractivity contribution in [2.45, 2.75) is 38.8 Å². The highest BCUT2D eigenvalue weighted by Gasteiger charge is 2.26. The molecule has 0 bridgehead atoms. The lowest BCUT2D eigenvalue weighted by Gasteiger charge is -2.16. The van der Waals surface area contributed by atoms with Gasteiger partial charge in [0.2, 0.25) is 0 Å². The van der Waals surface area contributed by atoms with Crippen molar-refractivity contribution in [2.75, 3.05) is 6.61 Å².